The van der Waals surface area contributed by atoms with Gasteiger partial charge in [0.15, 0.2) is 0 Å². The van der Waals surface area contributed by atoms with Crippen molar-refractivity contribution >= 4 is 16.7 Å². The summed E-state index contributed by atoms with van der Waals surface area (Å²) >= 11 is 0. The molecule has 1 aliphatic rings. The maximum atomic E-state index is 11.8. The number of hydrogen-bond acceptors (Lipinski definition) is 4. The first kappa shape index (κ1) is 22.9. The zero-order valence-corrected chi connectivity index (χ0v) is 19.7. The number of ether oxygens (including phenoxy) is 2. The summed E-state index contributed by atoms with van der Waals surface area (Å²) in [6.07, 6.45) is 1.63. The van der Waals surface area contributed by atoms with E-state index in [-0.39, 0.29) is 17.6 Å². The molecule has 35 heavy (non-hydrogen) atoms. The second-order valence-electron chi connectivity index (χ2n) is 8.89. The molecule has 2 atom stereocenters. The number of aromatic carboxylic acids is 1. The lowest BCUT2D eigenvalue weighted by Crippen LogP contribution is -2.36. The molecule has 5 heteroatoms. The lowest BCUT2D eigenvalue weighted by atomic mass is 9.83. The first-order valence-corrected chi connectivity index (χ1v) is 12.0. The highest BCUT2D eigenvalue weighted by Gasteiger charge is 2.32. The van der Waals surface area contributed by atoms with Gasteiger partial charge in [-0.3, -0.25) is 0 Å². The van der Waals surface area contributed by atoms with E-state index in [9.17, 15) is 9.90 Å². The summed E-state index contributed by atoms with van der Waals surface area (Å²) in [7, 11) is 1.53. The van der Waals surface area contributed by atoms with Gasteiger partial charge in [0.05, 0.1) is 7.11 Å². The molecular weight excluding hydrogens is 438 g/mol. The van der Waals surface area contributed by atoms with E-state index in [1.165, 1.54) is 23.4 Å². The van der Waals surface area contributed by atoms with E-state index in [0.29, 0.717) is 12.3 Å². The molecular formula is C30H29NO4. The molecule has 0 amide bonds. The van der Waals surface area contributed by atoms with Crippen LogP contribution in [0.2, 0.25) is 0 Å². The summed E-state index contributed by atoms with van der Waals surface area (Å²) in [5.74, 6) is 0.256. The van der Waals surface area contributed by atoms with E-state index in [0.717, 1.165) is 36.3 Å². The second kappa shape index (κ2) is 10.2. The Balaban J connectivity index is 1.32. The second-order valence-corrected chi connectivity index (χ2v) is 8.89. The molecule has 0 aliphatic carbocycles. The molecule has 178 valence electrons. The maximum absolute atomic E-state index is 11.8. The van der Waals surface area contributed by atoms with Gasteiger partial charge in [-0.25, -0.2) is 4.79 Å². The van der Waals surface area contributed by atoms with Crippen LogP contribution in [-0.4, -0.2) is 37.4 Å². The Kier molecular flexibility index (Phi) is 6.68. The van der Waals surface area contributed by atoms with Crippen LogP contribution in [0.25, 0.3) is 10.8 Å². The van der Waals surface area contributed by atoms with Gasteiger partial charge in [-0.2, -0.15) is 0 Å². The van der Waals surface area contributed by atoms with E-state index in [1.807, 2.05) is 24.3 Å². The molecule has 1 aliphatic heterocycles. The van der Waals surface area contributed by atoms with E-state index in [2.05, 4.69) is 53.8 Å². The van der Waals surface area contributed by atoms with Crippen LogP contribution in [0, 0.1) is 0 Å². The molecule has 1 heterocycles. The van der Waals surface area contributed by atoms with Gasteiger partial charge in [-0.1, -0.05) is 72.8 Å². The van der Waals surface area contributed by atoms with Crippen LogP contribution in [0.15, 0.2) is 84.9 Å². The molecule has 0 spiro atoms. The maximum Gasteiger partial charge on any atom is 0.339 e. The number of hydrogen-bond donors (Lipinski definition) is 2. The molecule has 0 radical (unpaired) electrons. The summed E-state index contributed by atoms with van der Waals surface area (Å²) in [6.45, 7) is 1.55. The zero-order valence-electron chi connectivity index (χ0n) is 19.7. The van der Waals surface area contributed by atoms with Gasteiger partial charge in [-0.05, 0) is 47.9 Å². The predicted molar refractivity (Wildman–Crippen MR) is 138 cm³/mol. The average molecular weight is 468 g/mol. The number of rotatable bonds is 8. The molecule has 4 aromatic rings. The van der Waals surface area contributed by atoms with E-state index < -0.39 is 5.97 Å². The Morgan fingerprint density at radius 1 is 0.971 bits per heavy atom. The van der Waals surface area contributed by atoms with Crippen molar-refractivity contribution in [2.75, 3.05) is 20.2 Å². The molecule has 0 saturated heterocycles. The van der Waals surface area contributed by atoms with E-state index >= 15 is 0 Å². The minimum Gasteiger partial charge on any atom is -0.496 e. The molecule has 2 N–H and O–H groups in total. The van der Waals surface area contributed by atoms with Gasteiger partial charge in [0.2, 0.25) is 0 Å². The molecule has 0 aromatic heterocycles. The van der Waals surface area contributed by atoms with Crippen molar-refractivity contribution in [3.8, 4) is 11.5 Å². The van der Waals surface area contributed by atoms with Gasteiger partial charge in [0.25, 0.3) is 0 Å². The summed E-state index contributed by atoms with van der Waals surface area (Å²) < 4.78 is 11.9. The summed E-state index contributed by atoms with van der Waals surface area (Å²) in [4.78, 5) is 11.8. The van der Waals surface area contributed by atoms with Crippen molar-refractivity contribution in [1.29, 1.82) is 0 Å². The first-order chi connectivity index (χ1) is 17.2. The number of nitrogens with one attached hydrogen (secondary N) is 1. The summed E-state index contributed by atoms with van der Waals surface area (Å²) in [5.41, 5.74) is 3.45. The Hall–Kier alpha value is -3.83. The summed E-state index contributed by atoms with van der Waals surface area (Å²) in [6, 6.07) is 28.3. The lowest BCUT2D eigenvalue weighted by Gasteiger charge is -2.33. The van der Waals surface area contributed by atoms with Crippen molar-refractivity contribution in [2.24, 2.45) is 0 Å². The van der Waals surface area contributed by atoms with Crippen LogP contribution >= 0.6 is 0 Å². The summed E-state index contributed by atoms with van der Waals surface area (Å²) in [5, 5.41) is 15.8. The van der Waals surface area contributed by atoms with E-state index in [4.69, 9.17) is 9.47 Å². The highest BCUT2D eigenvalue weighted by atomic mass is 16.5. The van der Waals surface area contributed by atoms with Crippen LogP contribution in [0.4, 0.5) is 0 Å². The van der Waals surface area contributed by atoms with Crippen LogP contribution in [0.5, 0.6) is 11.5 Å². The smallest absolute Gasteiger partial charge is 0.339 e. The number of carboxylic acid groups (broad SMARTS) is 1. The van der Waals surface area contributed by atoms with Gasteiger partial charge in [-0.15, -0.1) is 0 Å². The fourth-order valence-electron chi connectivity index (χ4n) is 5.13. The number of carboxylic acids is 1. The fourth-order valence-corrected chi connectivity index (χ4v) is 5.13. The fraction of sp³-hybridized carbons (Fsp3) is 0.233. The number of fused-ring (bicyclic) bond motifs is 2. The highest BCUT2D eigenvalue weighted by molar-refractivity contribution is 5.91. The number of benzene rings is 4. The number of methoxy groups -OCH3 is 1. The lowest BCUT2D eigenvalue weighted by molar-refractivity contribution is 0.0693. The molecule has 0 fully saturated rings. The van der Waals surface area contributed by atoms with Crippen molar-refractivity contribution < 1.29 is 19.4 Å². The Morgan fingerprint density at radius 3 is 2.57 bits per heavy atom. The molecule has 0 bridgehead atoms. The standard InChI is InChI=1S/C30H29NO4/c1-34-29-25(13-7-14-26(29)30(32)33)27-18-22(35-28-15-5-4-12-24(27)28)19-31-17-16-21-10-6-9-20-8-2-3-11-23(20)21/h2-15,22,27,31H,16-19H2,1H3,(H,32,33). The highest BCUT2D eigenvalue weighted by Crippen LogP contribution is 2.44. The minimum absolute atomic E-state index is 0.0148. The van der Waals surface area contributed by atoms with Gasteiger partial charge >= 0.3 is 5.97 Å². The molecule has 2 unspecified atom stereocenters. The van der Waals surface area contributed by atoms with Gasteiger partial charge in [0.1, 0.15) is 23.2 Å². The predicted octanol–water partition coefficient (Wildman–Crippen LogP) is 5.66. The van der Waals surface area contributed by atoms with Crippen molar-refractivity contribution in [1.82, 2.24) is 5.32 Å². The van der Waals surface area contributed by atoms with Crippen molar-refractivity contribution in [3.63, 3.8) is 0 Å². The van der Waals surface area contributed by atoms with Crippen LogP contribution in [0.3, 0.4) is 0 Å². The van der Waals surface area contributed by atoms with E-state index in [1.54, 1.807) is 12.1 Å². The third-order valence-electron chi connectivity index (χ3n) is 6.77. The topological polar surface area (TPSA) is 67.8 Å². The third kappa shape index (κ3) is 4.73. The first-order valence-electron chi connectivity index (χ1n) is 12.0. The third-order valence-corrected chi connectivity index (χ3v) is 6.77. The Labute approximate surface area is 205 Å². The monoisotopic (exact) mass is 467 g/mol. The SMILES string of the molecule is COc1c(C(=O)O)cccc1C1CC(CNCCc2cccc3ccccc23)Oc2ccccc21. The van der Waals surface area contributed by atoms with Crippen LogP contribution in [0.1, 0.15) is 39.4 Å². The van der Waals surface area contributed by atoms with Crippen LogP contribution in [-0.2, 0) is 6.42 Å². The Morgan fingerprint density at radius 2 is 1.71 bits per heavy atom. The van der Waals surface area contributed by atoms with Crippen molar-refractivity contribution in [3.05, 3.63) is 107 Å². The number of para-hydroxylation sites is 2. The number of carbonyl (C=O) groups is 1. The molecule has 4 aromatic carbocycles. The molecule has 5 nitrogen and oxygen atoms in total. The molecule has 5 rings (SSSR count). The zero-order chi connectivity index (χ0) is 24.2. The van der Waals surface area contributed by atoms with Crippen LogP contribution < -0.4 is 14.8 Å². The molecule has 0 saturated carbocycles. The average Bonchev–Trinajstić information content (AvgIpc) is 2.90. The quantitative estimate of drug-likeness (QED) is 0.327. The Bertz CT molecular complexity index is 1340. The van der Waals surface area contributed by atoms with Gasteiger partial charge in [0, 0.05) is 23.6 Å². The van der Waals surface area contributed by atoms with Crippen molar-refractivity contribution in [2.45, 2.75) is 24.9 Å². The minimum atomic E-state index is -0.990. The normalized spacial score (nSPS) is 16.9. The van der Waals surface area contributed by atoms with Gasteiger partial charge < -0.3 is 19.9 Å². The largest absolute Gasteiger partial charge is 0.496 e.